The lowest BCUT2D eigenvalue weighted by atomic mass is 10.3. The second kappa shape index (κ2) is 8.64. The van der Waals surface area contributed by atoms with Gasteiger partial charge in [0.1, 0.15) is 6.54 Å². The van der Waals surface area contributed by atoms with Gasteiger partial charge in [-0.05, 0) is 6.92 Å². The zero-order chi connectivity index (χ0) is 10.2. The van der Waals surface area contributed by atoms with Gasteiger partial charge in [0.15, 0.2) is 12.4 Å². The summed E-state index contributed by atoms with van der Waals surface area (Å²) in [5.74, 6) is -0.107. The molecule has 0 saturated heterocycles. The van der Waals surface area contributed by atoms with Gasteiger partial charge in [-0.2, -0.15) is 0 Å². The number of hydrogen-bond donors (Lipinski definition) is 0. The number of carbonyl (C=O) groups excluding carboxylic acids is 1. The van der Waals surface area contributed by atoms with Crippen LogP contribution in [0.2, 0.25) is 0 Å². The Hall–Kier alpha value is -0.650. The van der Waals surface area contributed by atoms with Gasteiger partial charge in [-0.1, -0.05) is 6.07 Å². The molecule has 0 aromatic carbocycles. The summed E-state index contributed by atoms with van der Waals surface area (Å²) >= 11 is 0. The lowest BCUT2D eigenvalue weighted by Crippen LogP contribution is -3.00. The second-order valence-electron chi connectivity index (χ2n) is 3.02. The highest BCUT2D eigenvalue weighted by Crippen LogP contribution is 1.92. The lowest BCUT2D eigenvalue weighted by Gasteiger charge is -1.99. The van der Waals surface area contributed by atoms with E-state index in [1.165, 1.54) is 0 Å². The summed E-state index contributed by atoms with van der Waals surface area (Å²) < 4.78 is 6.89. The van der Waals surface area contributed by atoms with Crippen molar-refractivity contribution in [3.05, 3.63) is 30.6 Å². The Kier molecular flexibility index (Phi) is 8.27. The number of hydrogen-bond acceptors (Lipinski definition) is 2. The van der Waals surface area contributed by atoms with Gasteiger partial charge in [-0.15, -0.1) is 0 Å². The highest BCUT2D eigenvalue weighted by molar-refractivity contribution is 5.69. The van der Waals surface area contributed by atoms with Gasteiger partial charge in [-0.25, -0.2) is 4.57 Å². The van der Waals surface area contributed by atoms with Crippen LogP contribution in [0, 0.1) is 0 Å². The van der Waals surface area contributed by atoms with Crippen LogP contribution in [-0.4, -0.2) is 12.6 Å². The molecule has 0 aliphatic rings. The molecule has 0 unspecified atom stereocenters. The number of pyridine rings is 1. The minimum absolute atomic E-state index is 0. The molecule has 0 aliphatic carbocycles. The van der Waals surface area contributed by atoms with Crippen LogP contribution in [0.25, 0.3) is 0 Å². The van der Waals surface area contributed by atoms with Crippen LogP contribution in [0.5, 0.6) is 0 Å². The van der Waals surface area contributed by atoms with Gasteiger partial charge >= 0.3 is 5.97 Å². The van der Waals surface area contributed by atoms with Gasteiger partial charge in [0.25, 0.3) is 0 Å². The lowest BCUT2D eigenvalue weighted by molar-refractivity contribution is -0.697. The van der Waals surface area contributed by atoms with Crippen molar-refractivity contribution < 1.29 is 38.1 Å². The molecule has 1 heterocycles. The van der Waals surface area contributed by atoms with Gasteiger partial charge in [-0.3, -0.25) is 4.79 Å². The maximum atomic E-state index is 11.0. The van der Waals surface area contributed by atoms with E-state index in [4.69, 9.17) is 4.74 Å². The van der Waals surface area contributed by atoms with Gasteiger partial charge in [0, 0.05) is 18.6 Å². The molecule has 0 spiro atoms. The summed E-state index contributed by atoms with van der Waals surface area (Å²) in [5.41, 5.74) is 0. The first-order valence-electron chi connectivity index (χ1n) is 4.92. The van der Waals surface area contributed by atoms with Crippen LogP contribution < -0.4 is 28.5 Å². The predicted octanol–water partition coefficient (Wildman–Crippen LogP) is -1.68. The highest BCUT2D eigenvalue weighted by Gasteiger charge is 2.03. The number of nitrogens with zero attached hydrogens (tertiary/aromatic N) is 1. The first kappa shape index (κ1) is 14.3. The molecule has 3 nitrogen and oxygen atoms in total. The highest BCUT2D eigenvalue weighted by atomic mass is 127. The molecule has 84 valence electrons. The third-order valence-electron chi connectivity index (χ3n) is 1.88. The van der Waals surface area contributed by atoms with Crippen molar-refractivity contribution in [2.24, 2.45) is 0 Å². The Morgan fingerprint density at radius 1 is 1.27 bits per heavy atom. The van der Waals surface area contributed by atoms with Crippen LogP contribution in [0.4, 0.5) is 0 Å². The minimum atomic E-state index is -0.107. The third-order valence-corrected chi connectivity index (χ3v) is 1.88. The summed E-state index contributed by atoms with van der Waals surface area (Å²) in [6.45, 7) is 3.15. The van der Waals surface area contributed by atoms with Crippen LogP contribution in [0.3, 0.4) is 0 Å². The van der Waals surface area contributed by atoms with Crippen molar-refractivity contribution >= 4 is 5.97 Å². The number of ether oxygens (including phenoxy) is 1. The number of carbonyl (C=O) groups is 1. The molecule has 0 atom stereocenters. The van der Waals surface area contributed by atoms with Crippen LogP contribution in [0.15, 0.2) is 30.6 Å². The quantitative estimate of drug-likeness (QED) is 0.369. The average molecular weight is 321 g/mol. The molecule has 0 N–H and O–H groups in total. The van der Waals surface area contributed by atoms with E-state index in [1.54, 1.807) is 0 Å². The van der Waals surface area contributed by atoms with Gasteiger partial charge < -0.3 is 28.7 Å². The Morgan fingerprint density at radius 3 is 2.53 bits per heavy atom. The fourth-order valence-electron chi connectivity index (χ4n) is 1.22. The van der Waals surface area contributed by atoms with E-state index in [0.717, 1.165) is 13.0 Å². The molecule has 0 fully saturated rings. The summed E-state index contributed by atoms with van der Waals surface area (Å²) in [5, 5.41) is 0. The van der Waals surface area contributed by atoms with Crippen molar-refractivity contribution in [3.8, 4) is 0 Å². The number of esters is 1. The zero-order valence-corrected chi connectivity index (χ0v) is 11.0. The van der Waals surface area contributed by atoms with Crippen LogP contribution in [0.1, 0.15) is 19.8 Å². The molecule has 0 saturated carbocycles. The third kappa shape index (κ3) is 6.43. The van der Waals surface area contributed by atoms with Crippen molar-refractivity contribution in [1.29, 1.82) is 0 Å². The van der Waals surface area contributed by atoms with E-state index in [-0.39, 0.29) is 29.9 Å². The minimum Gasteiger partial charge on any atom is -1.00 e. The fraction of sp³-hybridized carbons (Fsp3) is 0.455. The molecule has 15 heavy (non-hydrogen) atoms. The zero-order valence-electron chi connectivity index (χ0n) is 8.86. The first-order valence-corrected chi connectivity index (χ1v) is 4.92. The molecule has 1 rings (SSSR count). The predicted molar refractivity (Wildman–Crippen MR) is 52.5 cm³/mol. The summed E-state index contributed by atoms with van der Waals surface area (Å²) in [4.78, 5) is 11.0. The number of rotatable bonds is 5. The standard InChI is InChI=1S/C11H16NO2.HI/c1-2-14-11(13)7-6-10-12-8-4-3-5-9-12;/h3-5,8-9H,2,6-7,10H2,1H3;1H/q+1;/p-1. The molecule has 4 heteroatoms. The van der Waals surface area contributed by atoms with Crippen LogP contribution >= 0.6 is 0 Å². The normalized spacial score (nSPS) is 9.13. The molecule has 0 aliphatic heterocycles. The van der Waals surface area contributed by atoms with E-state index in [1.807, 2.05) is 37.5 Å². The Morgan fingerprint density at radius 2 is 1.93 bits per heavy atom. The SMILES string of the molecule is CCOC(=O)CCC[n+]1ccccc1.[I-]. The summed E-state index contributed by atoms with van der Waals surface area (Å²) in [6.07, 6.45) is 5.31. The second-order valence-corrected chi connectivity index (χ2v) is 3.02. The smallest absolute Gasteiger partial charge is 0.306 e. The molecule has 1 aromatic heterocycles. The largest absolute Gasteiger partial charge is 1.00 e. The van der Waals surface area contributed by atoms with E-state index < -0.39 is 0 Å². The molecule has 0 bridgehead atoms. The van der Waals surface area contributed by atoms with Gasteiger partial charge in [0.05, 0.1) is 13.0 Å². The van der Waals surface area contributed by atoms with E-state index in [0.29, 0.717) is 13.0 Å². The Balaban J connectivity index is 0.00000196. The fourth-order valence-corrected chi connectivity index (χ4v) is 1.22. The summed E-state index contributed by atoms with van der Waals surface area (Å²) in [7, 11) is 0. The van der Waals surface area contributed by atoms with Crippen molar-refractivity contribution in [2.45, 2.75) is 26.3 Å². The van der Waals surface area contributed by atoms with Crippen LogP contribution in [-0.2, 0) is 16.1 Å². The van der Waals surface area contributed by atoms with E-state index >= 15 is 0 Å². The number of aryl methyl sites for hydroxylation is 1. The Bertz CT molecular complexity index is 277. The molecular formula is C11H16INO2. The number of aromatic nitrogens is 1. The monoisotopic (exact) mass is 321 g/mol. The first-order chi connectivity index (χ1) is 6.83. The molecule has 1 aromatic rings. The molecular weight excluding hydrogens is 305 g/mol. The van der Waals surface area contributed by atoms with Crippen molar-refractivity contribution in [2.75, 3.05) is 6.61 Å². The van der Waals surface area contributed by atoms with E-state index in [9.17, 15) is 4.79 Å². The average Bonchev–Trinajstić information content (AvgIpc) is 2.20. The topological polar surface area (TPSA) is 30.2 Å². The summed E-state index contributed by atoms with van der Waals surface area (Å²) in [6, 6.07) is 5.93. The van der Waals surface area contributed by atoms with Gasteiger partial charge in [0.2, 0.25) is 0 Å². The van der Waals surface area contributed by atoms with Crippen molar-refractivity contribution in [1.82, 2.24) is 0 Å². The molecule has 0 amide bonds. The Labute approximate surface area is 107 Å². The number of halogens is 1. The van der Waals surface area contributed by atoms with E-state index in [2.05, 4.69) is 4.57 Å². The maximum absolute atomic E-state index is 11.0. The maximum Gasteiger partial charge on any atom is 0.306 e. The van der Waals surface area contributed by atoms with Crippen molar-refractivity contribution in [3.63, 3.8) is 0 Å². The molecule has 0 radical (unpaired) electrons.